The normalized spacial score (nSPS) is 37.1. The summed E-state index contributed by atoms with van der Waals surface area (Å²) in [4.78, 5) is 4.92. The molecule has 0 radical (unpaired) electrons. The fourth-order valence-corrected chi connectivity index (χ4v) is 3.85. The van der Waals surface area contributed by atoms with Crippen LogP contribution in [0.25, 0.3) is 0 Å². The van der Waals surface area contributed by atoms with E-state index in [-0.39, 0.29) is 0 Å². The molecule has 4 nitrogen and oxygen atoms in total. The molecule has 112 valence electrons. The van der Waals surface area contributed by atoms with Crippen LogP contribution in [0.5, 0.6) is 0 Å². The van der Waals surface area contributed by atoms with Crippen molar-refractivity contribution in [2.45, 2.75) is 50.2 Å². The van der Waals surface area contributed by atoms with E-state index in [9.17, 15) is 5.11 Å². The van der Waals surface area contributed by atoms with Gasteiger partial charge in [-0.2, -0.15) is 0 Å². The Bertz CT molecular complexity index is 287. The summed E-state index contributed by atoms with van der Waals surface area (Å²) >= 11 is 0. The van der Waals surface area contributed by atoms with E-state index in [0.29, 0.717) is 18.5 Å². The standard InChI is InChI=1S/C15H31N3O/c1-17-9-4-6-14(11-17)18(2)10-7-13-5-3-8-15(13,19)12-16/h13-14,19H,3-12,16H2,1-2H3. The monoisotopic (exact) mass is 269 g/mol. The van der Waals surface area contributed by atoms with Crippen LogP contribution in [0.3, 0.4) is 0 Å². The maximum Gasteiger partial charge on any atom is 0.0797 e. The van der Waals surface area contributed by atoms with Crippen LogP contribution in [0.4, 0.5) is 0 Å². The van der Waals surface area contributed by atoms with Gasteiger partial charge >= 0.3 is 0 Å². The highest BCUT2D eigenvalue weighted by Crippen LogP contribution is 2.37. The van der Waals surface area contributed by atoms with Crippen LogP contribution in [-0.4, -0.2) is 66.8 Å². The van der Waals surface area contributed by atoms with Gasteiger partial charge in [0.15, 0.2) is 0 Å². The van der Waals surface area contributed by atoms with E-state index in [0.717, 1.165) is 32.2 Å². The molecule has 1 saturated carbocycles. The number of likely N-dealkylation sites (N-methyl/N-ethyl adjacent to an activating group) is 2. The topological polar surface area (TPSA) is 52.7 Å². The molecular weight excluding hydrogens is 238 g/mol. The summed E-state index contributed by atoms with van der Waals surface area (Å²) in [6.45, 7) is 3.93. The van der Waals surface area contributed by atoms with Crippen LogP contribution in [0.15, 0.2) is 0 Å². The third-order valence-corrected chi connectivity index (χ3v) is 5.33. The van der Waals surface area contributed by atoms with Gasteiger partial charge in [0.05, 0.1) is 5.60 Å². The summed E-state index contributed by atoms with van der Waals surface area (Å²) < 4.78 is 0. The lowest BCUT2D eigenvalue weighted by Gasteiger charge is -2.37. The van der Waals surface area contributed by atoms with Gasteiger partial charge in [-0.3, -0.25) is 0 Å². The fourth-order valence-electron chi connectivity index (χ4n) is 3.85. The summed E-state index contributed by atoms with van der Waals surface area (Å²) in [6, 6.07) is 0.686. The molecule has 2 fully saturated rings. The number of nitrogens with zero attached hydrogens (tertiary/aromatic N) is 2. The Morgan fingerprint density at radius 3 is 2.84 bits per heavy atom. The quantitative estimate of drug-likeness (QED) is 0.778. The highest BCUT2D eigenvalue weighted by atomic mass is 16.3. The molecule has 0 amide bonds. The van der Waals surface area contributed by atoms with Crippen LogP contribution in [0.1, 0.15) is 38.5 Å². The van der Waals surface area contributed by atoms with Gasteiger partial charge < -0.3 is 20.6 Å². The average Bonchev–Trinajstić information content (AvgIpc) is 2.78. The molecule has 1 saturated heterocycles. The molecule has 2 rings (SSSR count). The molecule has 0 aromatic rings. The number of nitrogens with two attached hydrogens (primary N) is 1. The number of rotatable bonds is 5. The van der Waals surface area contributed by atoms with Crippen LogP contribution in [-0.2, 0) is 0 Å². The largest absolute Gasteiger partial charge is 0.388 e. The molecule has 3 N–H and O–H groups in total. The number of aliphatic hydroxyl groups is 1. The van der Waals surface area contributed by atoms with E-state index in [1.54, 1.807) is 0 Å². The Hall–Kier alpha value is -0.160. The molecule has 1 heterocycles. The van der Waals surface area contributed by atoms with Gasteiger partial charge in [0.25, 0.3) is 0 Å². The third-order valence-electron chi connectivity index (χ3n) is 5.33. The second-order valence-corrected chi connectivity index (χ2v) is 6.72. The summed E-state index contributed by atoms with van der Waals surface area (Å²) in [5.41, 5.74) is 5.18. The number of hydrogen-bond donors (Lipinski definition) is 2. The predicted octanol–water partition coefficient (Wildman–Crippen LogP) is 0.892. The lowest BCUT2D eigenvalue weighted by molar-refractivity contribution is 0.00276. The Morgan fingerprint density at radius 2 is 2.16 bits per heavy atom. The van der Waals surface area contributed by atoms with E-state index >= 15 is 0 Å². The van der Waals surface area contributed by atoms with Crippen LogP contribution in [0, 0.1) is 5.92 Å². The summed E-state index contributed by atoms with van der Waals surface area (Å²) in [6.07, 6.45) is 6.88. The summed E-state index contributed by atoms with van der Waals surface area (Å²) in [5, 5.41) is 10.5. The first kappa shape index (κ1) is 15.2. The van der Waals surface area contributed by atoms with Crippen molar-refractivity contribution < 1.29 is 5.11 Å². The van der Waals surface area contributed by atoms with Crippen molar-refractivity contribution >= 4 is 0 Å². The molecule has 0 spiro atoms. The van der Waals surface area contributed by atoms with Crippen molar-refractivity contribution in [2.24, 2.45) is 11.7 Å². The summed E-state index contributed by atoms with van der Waals surface area (Å²) in [7, 11) is 4.45. The maximum atomic E-state index is 10.5. The average molecular weight is 269 g/mol. The Labute approximate surface area is 117 Å². The van der Waals surface area contributed by atoms with Crippen molar-refractivity contribution in [2.75, 3.05) is 40.3 Å². The van der Waals surface area contributed by atoms with Crippen LogP contribution in [0.2, 0.25) is 0 Å². The van der Waals surface area contributed by atoms with Gasteiger partial charge in [-0.1, -0.05) is 6.42 Å². The minimum atomic E-state index is -0.579. The Kier molecular flexibility index (Phi) is 5.23. The minimum Gasteiger partial charge on any atom is -0.388 e. The maximum absolute atomic E-state index is 10.5. The zero-order chi connectivity index (χ0) is 13.9. The molecule has 3 unspecified atom stereocenters. The van der Waals surface area contributed by atoms with Crippen molar-refractivity contribution in [1.29, 1.82) is 0 Å². The number of likely N-dealkylation sites (tertiary alicyclic amines) is 1. The second kappa shape index (κ2) is 6.53. The van der Waals surface area contributed by atoms with Crippen molar-refractivity contribution in [1.82, 2.24) is 9.80 Å². The lowest BCUT2D eigenvalue weighted by Crippen LogP contribution is -2.47. The van der Waals surface area contributed by atoms with Crippen LogP contribution < -0.4 is 5.73 Å². The SMILES string of the molecule is CN1CCCC(N(C)CCC2CCCC2(O)CN)C1. The van der Waals surface area contributed by atoms with E-state index < -0.39 is 5.60 Å². The predicted molar refractivity (Wildman–Crippen MR) is 79.1 cm³/mol. The summed E-state index contributed by atoms with van der Waals surface area (Å²) in [5.74, 6) is 0.404. The molecule has 0 aromatic carbocycles. The Morgan fingerprint density at radius 1 is 1.37 bits per heavy atom. The first-order valence-electron chi connectivity index (χ1n) is 7.86. The smallest absolute Gasteiger partial charge is 0.0797 e. The van der Waals surface area contributed by atoms with Gasteiger partial charge in [-0.05, 0) is 65.2 Å². The van der Waals surface area contributed by atoms with E-state index in [4.69, 9.17) is 5.73 Å². The van der Waals surface area contributed by atoms with Gasteiger partial charge in [-0.15, -0.1) is 0 Å². The molecule has 0 aromatic heterocycles. The minimum absolute atomic E-state index is 0.404. The first-order chi connectivity index (χ1) is 9.05. The van der Waals surface area contributed by atoms with Crippen molar-refractivity contribution in [3.8, 4) is 0 Å². The second-order valence-electron chi connectivity index (χ2n) is 6.72. The molecule has 4 heteroatoms. The van der Waals surface area contributed by atoms with Gasteiger partial charge in [0.1, 0.15) is 0 Å². The molecule has 1 aliphatic heterocycles. The Balaban J connectivity index is 1.78. The number of piperidine rings is 1. The van der Waals surface area contributed by atoms with E-state index in [2.05, 4.69) is 23.9 Å². The third kappa shape index (κ3) is 3.69. The number of hydrogen-bond acceptors (Lipinski definition) is 4. The zero-order valence-electron chi connectivity index (χ0n) is 12.6. The highest BCUT2D eigenvalue weighted by Gasteiger charge is 2.39. The lowest BCUT2D eigenvalue weighted by atomic mass is 9.88. The molecule has 3 atom stereocenters. The fraction of sp³-hybridized carbons (Fsp3) is 1.00. The van der Waals surface area contributed by atoms with Gasteiger partial charge in [-0.25, -0.2) is 0 Å². The molecule has 2 aliphatic rings. The first-order valence-corrected chi connectivity index (χ1v) is 7.86. The zero-order valence-corrected chi connectivity index (χ0v) is 12.6. The van der Waals surface area contributed by atoms with Gasteiger partial charge in [0.2, 0.25) is 0 Å². The van der Waals surface area contributed by atoms with Crippen LogP contribution >= 0.6 is 0 Å². The van der Waals surface area contributed by atoms with Crippen molar-refractivity contribution in [3.05, 3.63) is 0 Å². The van der Waals surface area contributed by atoms with E-state index in [1.165, 1.54) is 25.9 Å². The molecule has 1 aliphatic carbocycles. The molecule has 0 bridgehead atoms. The van der Waals surface area contributed by atoms with Gasteiger partial charge in [0, 0.05) is 19.1 Å². The highest BCUT2D eigenvalue weighted by molar-refractivity contribution is 4.93. The molecule has 19 heavy (non-hydrogen) atoms. The van der Waals surface area contributed by atoms with E-state index in [1.807, 2.05) is 0 Å². The molecular formula is C15H31N3O. The van der Waals surface area contributed by atoms with Crippen molar-refractivity contribution in [3.63, 3.8) is 0 Å².